The molecule has 2 aromatic rings. The first-order valence-electron chi connectivity index (χ1n) is 5.64. The van der Waals surface area contributed by atoms with Gasteiger partial charge < -0.3 is 0 Å². The molecule has 0 fully saturated rings. The van der Waals surface area contributed by atoms with Crippen molar-refractivity contribution in [2.45, 2.75) is 0 Å². The van der Waals surface area contributed by atoms with E-state index in [1.807, 2.05) is 30.3 Å². The zero-order chi connectivity index (χ0) is 14.1. The highest BCUT2D eigenvalue weighted by atomic mass is 33.1. The molecule has 0 aliphatic carbocycles. The normalized spacial score (nSPS) is 18.2. The number of hydrazone groups is 1. The fourth-order valence-electron chi connectivity index (χ4n) is 1.72. The second kappa shape index (κ2) is 5.34. The Hall–Kier alpha value is -1.73. The fourth-order valence-corrected chi connectivity index (χ4v) is 4.11. The molecule has 7 heteroatoms. The fraction of sp³-hybridized carbons (Fsp3) is 0. The van der Waals surface area contributed by atoms with Crippen molar-refractivity contribution >= 4 is 31.5 Å². The number of halogens is 2. The molecular weight excluding hydrogens is 302 g/mol. The molecule has 2 aromatic carbocycles. The van der Waals surface area contributed by atoms with Gasteiger partial charge in [-0.05, 0) is 0 Å². The second-order valence-electron chi connectivity index (χ2n) is 3.97. The van der Waals surface area contributed by atoms with E-state index in [9.17, 15) is 13.0 Å². The SMILES string of the molecule is O=S1SC(c2ccccc2)=NN1c1cc(F)cc(F)c1. The van der Waals surface area contributed by atoms with Crippen LogP contribution in [0.15, 0.2) is 53.6 Å². The Morgan fingerprint density at radius 3 is 2.35 bits per heavy atom. The van der Waals surface area contributed by atoms with Crippen LogP contribution in [-0.2, 0) is 10.0 Å². The third-order valence-corrected chi connectivity index (χ3v) is 5.08. The molecule has 20 heavy (non-hydrogen) atoms. The van der Waals surface area contributed by atoms with E-state index >= 15 is 0 Å². The standard InChI is InChI=1S/C13H8F2N2OS2/c14-10-6-11(15)8-12(7-10)17-16-13(19-20(17)18)9-4-2-1-3-5-9/h1-8H. The first-order valence-corrected chi connectivity index (χ1v) is 8.08. The van der Waals surface area contributed by atoms with Gasteiger partial charge in [0.25, 0.3) is 0 Å². The molecule has 0 radical (unpaired) electrons. The summed E-state index contributed by atoms with van der Waals surface area (Å²) in [6.45, 7) is 0. The predicted molar refractivity (Wildman–Crippen MR) is 77.5 cm³/mol. The molecule has 0 aromatic heterocycles. The van der Waals surface area contributed by atoms with Gasteiger partial charge in [0.15, 0.2) is 0 Å². The van der Waals surface area contributed by atoms with Crippen LogP contribution in [0.5, 0.6) is 0 Å². The molecule has 0 bridgehead atoms. The third kappa shape index (κ3) is 2.59. The van der Waals surface area contributed by atoms with Crippen LogP contribution in [0.4, 0.5) is 14.5 Å². The van der Waals surface area contributed by atoms with Gasteiger partial charge in [-0.2, -0.15) is 9.52 Å². The van der Waals surface area contributed by atoms with Crippen LogP contribution in [-0.4, -0.2) is 9.25 Å². The topological polar surface area (TPSA) is 32.7 Å². The van der Waals surface area contributed by atoms with Crippen molar-refractivity contribution in [3.8, 4) is 0 Å². The van der Waals surface area contributed by atoms with E-state index < -0.39 is 21.7 Å². The molecule has 0 amide bonds. The summed E-state index contributed by atoms with van der Waals surface area (Å²) in [5, 5.41) is 4.72. The van der Waals surface area contributed by atoms with Crippen molar-refractivity contribution in [1.82, 2.24) is 0 Å². The first-order chi connectivity index (χ1) is 9.63. The Kier molecular flexibility index (Phi) is 3.54. The molecule has 1 aliphatic heterocycles. The average Bonchev–Trinajstić information content (AvgIpc) is 2.81. The summed E-state index contributed by atoms with van der Waals surface area (Å²) in [5.74, 6) is -1.46. The highest BCUT2D eigenvalue weighted by Gasteiger charge is 2.26. The Labute approximate surface area is 120 Å². The van der Waals surface area contributed by atoms with E-state index in [4.69, 9.17) is 0 Å². The number of hydrogen-bond donors (Lipinski definition) is 0. The lowest BCUT2D eigenvalue weighted by Crippen LogP contribution is -2.12. The molecule has 1 unspecified atom stereocenters. The number of anilines is 1. The summed E-state index contributed by atoms with van der Waals surface area (Å²) in [6, 6.07) is 12.2. The molecule has 102 valence electrons. The number of nitrogens with zero attached hydrogens (tertiary/aromatic N) is 2. The van der Waals surface area contributed by atoms with E-state index in [1.165, 1.54) is 0 Å². The first kappa shape index (κ1) is 13.3. The monoisotopic (exact) mass is 310 g/mol. The predicted octanol–water partition coefficient (Wildman–Crippen LogP) is 3.46. The van der Waals surface area contributed by atoms with Gasteiger partial charge in [0.2, 0.25) is 10.0 Å². The van der Waals surface area contributed by atoms with Crippen molar-refractivity contribution in [2.75, 3.05) is 4.41 Å². The van der Waals surface area contributed by atoms with E-state index in [0.717, 1.165) is 39.0 Å². The van der Waals surface area contributed by atoms with Crippen LogP contribution in [0.25, 0.3) is 0 Å². The van der Waals surface area contributed by atoms with E-state index in [0.29, 0.717) is 5.04 Å². The Morgan fingerprint density at radius 1 is 1.05 bits per heavy atom. The van der Waals surface area contributed by atoms with Gasteiger partial charge in [-0.1, -0.05) is 30.3 Å². The minimum absolute atomic E-state index is 0.124. The maximum atomic E-state index is 13.2. The van der Waals surface area contributed by atoms with Crippen LogP contribution in [0.2, 0.25) is 0 Å². The number of hydrogen-bond acceptors (Lipinski definition) is 3. The van der Waals surface area contributed by atoms with Crippen molar-refractivity contribution in [1.29, 1.82) is 0 Å². The van der Waals surface area contributed by atoms with E-state index in [-0.39, 0.29) is 5.69 Å². The van der Waals surface area contributed by atoms with Crippen LogP contribution in [0.1, 0.15) is 5.56 Å². The number of rotatable bonds is 2. The summed E-state index contributed by atoms with van der Waals surface area (Å²) in [6.07, 6.45) is 0. The van der Waals surface area contributed by atoms with Gasteiger partial charge in [-0.3, -0.25) is 0 Å². The summed E-state index contributed by atoms with van der Waals surface area (Å²) in [4.78, 5) is 0. The molecule has 1 aliphatic rings. The molecular formula is C13H8F2N2OS2. The van der Waals surface area contributed by atoms with E-state index in [2.05, 4.69) is 5.10 Å². The average molecular weight is 310 g/mol. The van der Waals surface area contributed by atoms with Gasteiger partial charge in [0, 0.05) is 34.6 Å². The van der Waals surface area contributed by atoms with Gasteiger partial charge in [0.1, 0.15) is 16.7 Å². The Morgan fingerprint density at radius 2 is 1.70 bits per heavy atom. The molecule has 3 rings (SSSR count). The van der Waals surface area contributed by atoms with Crippen LogP contribution in [0.3, 0.4) is 0 Å². The highest BCUT2D eigenvalue weighted by Crippen LogP contribution is 2.33. The minimum Gasteiger partial charge on any atom is -0.222 e. The van der Waals surface area contributed by atoms with Crippen molar-refractivity contribution in [3.05, 3.63) is 65.7 Å². The van der Waals surface area contributed by atoms with Gasteiger partial charge in [0.05, 0.1) is 5.69 Å². The smallest absolute Gasteiger partial charge is 0.209 e. The molecule has 0 saturated carbocycles. The summed E-state index contributed by atoms with van der Waals surface area (Å²) in [7, 11) is -0.509. The third-order valence-electron chi connectivity index (χ3n) is 2.56. The van der Waals surface area contributed by atoms with Crippen LogP contribution in [0, 0.1) is 11.6 Å². The quantitative estimate of drug-likeness (QED) is 0.796. The zero-order valence-electron chi connectivity index (χ0n) is 9.99. The summed E-state index contributed by atoms with van der Waals surface area (Å²) in [5.41, 5.74) is 0.935. The summed E-state index contributed by atoms with van der Waals surface area (Å²) < 4.78 is 39.5. The number of benzene rings is 2. The van der Waals surface area contributed by atoms with Crippen molar-refractivity contribution in [2.24, 2.45) is 5.10 Å². The molecule has 0 saturated heterocycles. The maximum absolute atomic E-state index is 13.2. The Balaban J connectivity index is 1.98. The molecule has 0 spiro atoms. The Bertz CT molecular complexity index is 687. The lowest BCUT2D eigenvalue weighted by atomic mass is 10.2. The lowest BCUT2D eigenvalue weighted by Gasteiger charge is -2.10. The van der Waals surface area contributed by atoms with Gasteiger partial charge in [-0.15, -0.1) is 0 Å². The van der Waals surface area contributed by atoms with Crippen LogP contribution >= 0.6 is 10.8 Å². The lowest BCUT2D eigenvalue weighted by molar-refractivity contribution is 0.583. The van der Waals surface area contributed by atoms with Crippen LogP contribution < -0.4 is 4.41 Å². The molecule has 3 nitrogen and oxygen atoms in total. The summed E-state index contributed by atoms with van der Waals surface area (Å²) >= 11 is 0. The molecule has 1 heterocycles. The zero-order valence-corrected chi connectivity index (χ0v) is 11.6. The van der Waals surface area contributed by atoms with Gasteiger partial charge in [-0.25, -0.2) is 13.0 Å². The largest absolute Gasteiger partial charge is 0.222 e. The maximum Gasteiger partial charge on any atom is 0.209 e. The molecule has 1 atom stereocenters. The van der Waals surface area contributed by atoms with Gasteiger partial charge >= 0.3 is 0 Å². The second-order valence-corrected chi connectivity index (χ2v) is 6.66. The highest BCUT2D eigenvalue weighted by molar-refractivity contribution is 8.76. The van der Waals surface area contributed by atoms with Crippen molar-refractivity contribution in [3.63, 3.8) is 0 Å². The van der Waals surface area contributed by atoms with Crippen molar-refractivity contribution < 1.29 is 13.0 Å². The minimum atomic E-state index is -1.55. The molecule has 0 N–H and O–H groups in total. The van der Waals surface area contributed by atoms with E-state index in [1.54, 1.807) is 0 Å².